The molecule has 3 amide bonds. The monoisotopic (exact) mass is 256 g/mol. The molecule has 5 nitrogen and oxygen atoms in total. The molecular formula is C11H16N2O3S. The number of nitrogens with zero attached hydrogens (tertiary/aromatic N) is 2. The van der Waals surface area contributed by atoms with Gasteiger partial charge < -0.3 is 4.90 Å². The summed E-state index contributed by atoms with van der Waals surface area (Å²) in [4.78, 5) is 37.9. The molecular weight excluding hydrogens is 240 g/mol. The zero-order chi connectivity index (χ0) is 12.4. The number of carbonyl (C=O) groups is 3. The van der Waals surface area contributed by atoms with Crippen molar-refractivity contribution in [2.45, 2.75) is 32.2 Å². The van der Waals surface area contributed by atoms with Crippen molar-refractivity contribution < 1.29 is 14.4 Å². The van der Waals surface area contributed by atoms with Gasteiger partial charge in [-0.15, -0.1) is 0 Å². The highest BCUT2D eigenvalue weighted by Gasteiger charge is 2.39. The molecule has 1 atom stereocenters. The predicted molar refractivity (Wildman–Crippen MR) is 64.6 cm³/mol. The zero-order valence-electron chi connectivity index (χ0n) is 9.85. The number of rotatable bonds is 3. The van der Waals surface area contributed by atoms with E-state index < -0.39 is 0 Å². The van der Waals surface area contributed by atoms with Crippen LogP contribution in [0.4, 0.5) is 4.79 Å². The van der Waals surface area contributed by atoms with E-state index in [1.807, 2.05) is 6.92 Å². The van der Waals surface area contributed by atoms with Crippen molar-refractivity contribution in [2.75, 3.05) is 18.8 Å². The third-order valence-electron chi connectivity index (χ3n) is 3.13. The molecule has 2 saturated heterocycles. The lowest BCUT2D eigenvalue weighted by Gasteiger charge is -2.21. The van der Waals surface area contributed by atoms with Gasteiger partial charge in [-0.25, -0.2) is 0 Å². The number of hydrogen-bond donors (Lipinski definition) is 0. The molecule has 2 rings (SSSR count). The van der Waals surface area contributed by atoms with Crippen LogP contribution >= 0.6 is 11.8 Å². The fourth-order valence-corrected chi connectivity index (χ4v) is 3.04. The van der Waals surface area contributed by atoms with Crippen LogP contribution in [0, 0.1) is 0 Å². The van der Waals surface area contributed by atoms with Gasteiger partial charge in [-0.1, -0.05) is 18.7 Å². The Bertz CT molecular complexity index is 343. The van der Waals surface area contributed by atoms with Crippen molar-refractivity contribution >= 4 is 28.8 Å². The van der Waals surface area contributed by atoms with Crippen molar-refractivity contribution in [3.8, 4) is 0 Å². The highest BCUT2D eigenvalue weighted by atomic mass is 32.2. The summed E-state index contributed by atoms with van der Waals surface area (Å²) in [6.07, 6.45) is 2.09. The molecule has 17 heavy (non-hydrogen) atoms. The minimum Gasteiger partial charge on any atom is -0.341 e. The van der Waals surface area contributed by atoms with Gasteiger partial charge in [-0.05, 0) is 12.8 Å². The van der Waals surface area contributed by atoms with Crippen LogP contribution in [-0.2, 0) is 9.59 Å². The van der Waals surface area contributed by atoms with Crippen molar-refractivity contribution in [3.05, 3.63) is 0 Å². The molecule has 0 saturated carbocycles. The summed E-state index contributed by atoms with van der Waals surface area (Å²) in [6.45, 7) is 3.14. The summed E-state index contributed by atoms with van der Waals surface area (Å²) in [5.74, 6) is 0.259. The Morgan fingerprint density at radius 3 is 2.82 bits per heavy atom. The number of carbonyl (C=O) groups excluding carboxylic acids is 3. The molecule has 1 unspecified atom stereocenters. The van der Waals surface area contributed by atoms with E-state index in [0.29, 0.717) is 25.9 Å². The van der Waals surface area contributed by atoms with Gasteiger partial charge in [0.25, 0.3) is 5.24 Å². The molecule has 2 fully saturated rings. The Labute approximate surface area is 105 Å². The van der Waals surface area contributed by atoms with Crippen LogP contribution in [0.1, 0.15) is 26.2 Å². The number of thioether (sulfide) groups is 1. The SMILES string of the molecule is CCCC(=O)N1CCC(N2C(=O)CSC2=O)C1. The molecule has 94 valence electrons. The van der Waals surface area contributed by atoms with Crippen LogP contribution in [0.15, 0.2) is 0 Å². The number of amides is 3. The quantitative estimate of drug-likeness (QED) is 0.758. The second kappa shape index (κ2) is 5.08. The van der Waals surface area contributed by atoms with Crippen LogP contribution in [0.5, 0.6) is 0 Å². The van der Waals surface area contributed by atoms with E-state index in [-0.39, 0.29) is 28.8 Å². The molecule has 6 heteroatoms. The molecule has 0 radical (unpaired) electrons. The van der Waals surface area contributed by atoms with Crippen molar-refractivity contribution in [2.24, 2.45) is 0 Å². The van der Waals surface area contributed by atoms with E-state index >= 15 is 0 Å². The molecule has 0 aromatic carbocycles. The average Bonchev–Trinajstić information content (AvgIpc) is 2.86. The van der Waals surface area contributed by atoms with Crippen LogP contribution in [-0.4, -0.2) is 51.7 Å². The topological polar surface area (TPSA) is 57.7 Å². The zero-order valence-corrected chi connectivity index (χ0v) is 10.7. The summed E-state index contributed by atoms with van der Waals surface area (Å²) in [5, 5.41) is -0.162. The first-order valence-electron chi connectivity index (χ1n) is 5.90. The molecule has 2 aliphatic heterocycles. The minimum absolute atomic E-state index is 0.106. The number of imide groups is 1. The van der Waals surface area contributed by atoms with Gasteiger partial charge in [0.05, 0.1) is 11.8 Å². The van der Waals surface area contributed by atoms with Gasteiger partial charge in [-0.2, -0.15) is 0 Å². The Morgan fingerprint density at radius 2 is 2.24 bits per heavy atom. The Morgan fingerprint density at radius 1 is 1.47 bits per heavy atom. The summed E-state index contributed by atoms with van der Waals surface area (Å²) in [6, 6.07) is -0.106. The standard InChI is InChI=1S/C11H16N2O3S/c1-2-3-9(14)12-5-4-8(6-12)13-10(15)7-17-11(13)16/h8H,2-7H2,1H3. The lowest BCUT2D eigenvalue weighted by atomic mass is 10.2. The number of likely N-dealkylation sites (tertiary alicyclic amines) is 1. The first-order chi connectivity index (χ1) is 8.13. The molecule has 0 bridgehead atoms. The second-order valence-electron chi connectivity index (χ2n) is 4.35. The second-order valence-corrected chi connectivity index (χ2v) is 5.28. The molecule has 0 aliphatic carbocycles. The fraction of sp³-hybridized carbons (Fsp3) is 0.727. The van der Waals surface area contributed by atoms with E-state index in [4.69, 9.17) is 0 Å². The fourth-order valence-electron chi connectivity index (χ4n) is 2.27. The largest absolute Gasteiger partial charge is 0.341 e. The van der Waals surface area contributed by atoms with Crippen molar-refractivity contribution in [3.63, 3.8) is 0 Å². The van der Waals surface area contributed by atoms with Gasteiger partial charge >= 0.3 is 0 Å². The average molecular weight is 256 g/mol. The summed E-state index contributed by atoms with van der Waals surface area (Å²) < 4.78 is 0. The van der Waals surface area contributed by atoms with Crippen LogP contribution in [0.3, 0.4) is 0 Å². The van der Waals surface area contributed by atoms with Gasteiger partial charge in [-0.3, -0.25) is 19.3 Å². The maximum Gasteiger partial charge on any atom is 0.289 e. The lowest BCUT2D eigenvalue weighted by Crippen LogP contribution is -2.41. The molecule has 0 aromatic heterocycles. The maximum absolute atomic E-state index is 11.7. The van der Waals surface area contributed by atoms with Crippen LogP contribution in [0.25, 0.3) is 0 Å². The predicted octanol–water partition coefficient (Wildman–Crippen LogP) is 1.08. The lowest BCUT2D eigenvalue weighted by molar-refractivity contribution is -0.131. The van der Waals surface area contributed by atoms with E-state index in [2.05, 4.69) is 0 Å². The summed E-state index contributed by atoms with van der Waals surface area (Å²) >= 11 is 1.05. The van der Waals surface area contributed by atoms with Crippen LogP contribution in [0.2, 0.25) is 0 Å². The Hall–Kier alpha value is -1.04. The van der Waals surface area contributed by atoms with Gasteiger partial charge in [0.1, 0.15) is 0 Å². The molecule has 2 heterocycles. The minimum atomic E-state index is -0.162. The molecule has 0 aromatic rings. The highest BCUT2D eigenvalue weighted by molar-refractivity contribution is 8.14. The normalized spacial score (nSPS) is 24.9. The van der Waals surface area contributed by atoms with E-state index in [1.165, 1.54) is 4.90 Å². The first-order valence-corrected chi connectivity index (χ1v) is 6.88. The third kappa shape index (κ3) is 2.46. The molecule has 0 spiro atoms. The van der Waals surface area contributed by atoms with E-state index in [0.717, 1.165) is 18.2 Å². The van der Waals surface area contributed by atoms with Crippen molar-refractivity contribution in [1.29, 1.82) is 0 Å². The smallest absolute Gasteiger partial charge is 0.289 e. The summed E-state index contributed by atoms with van der Waals surface area (Å²) in [5.41, 5.74) is 0. The third-order valence-corrected chi connectivity index (χ3v) is 3.96. The van der Waals surface area contributed by atoms with Gasteiger partial charge in [0, 0.05) is 19.5 Å². The van der Waals surface area contributed by atoms with Crippen molar-refractivity contribution in [1.82, 2.24) is 9.80 Å². The Kier molecular flexibility index (Phi) is 3.71. The Balaban J connectivity index is 1.95. The van der Waals surface area contributed by atoms with E-state index in [9.17, 15) is 14.4 Å². The summed E-state index contributed by atoms with van der Waals surface area (Å²) in [7, 11) is 0. The molecule has 2 aliphatic rings. The molecule has 0 N–H and O–H groups in total. The maximum atomic E-state index is 11.7. The first kappa shape index (κ1) is 12.4. The highest BCUT2D eigenvalue weighted by Crippen LogP contribution is 2.26. The van der Waals surface area contributed by atoms with Gasteiger partial charge in [0.15, 0.2) is 0 Å². The van der Waals surface area contributed by atoms with Crippen LogP contribution < -0.4 is 0 Å². The van der Waals surface area contributed by atoms with Gasteiger partial charge in [0.2, 0.25) is 11.8 Å². The van der Waals surface area contributed by atoms with E-state index in [1.54, 1.807) is 4.90 Å². The number of hydrogen-bond acceptors (Lipinski definition) is 4.